The number of carbonyl (C=O) groups excluding carboxylic acids is 1. The number of sulfonamides is 1. The zero-order valence-electron chi connectivity index (χ0n) is 15.6. The normalized spacial score (nSPS) is 13.0. The summed E-state index contributed by atoms with van der Waals surface area (Å²) in [4.78, 5) is 10.5. The molecule has 0 aromatic heterocycles. The van der Waals surface area contributed by atoms with E-state index in [0.29, 0.717) is 0 Å². The highest BCUT2D eigenvalue weighted by Crippen LogP contribution is 2.39. The maximum absolute atomic E-state index is 12.0. The van der Waals surface area contributed by atoms with Gasteiger partial charge in [0.15, 0.2) is 5.75 Å². The number of hydrogen-bond donors (Lipinski definition) is 9. The Bertz CT molecular complexity index is 1050. The third-order valence-corrected chi connectivity index (χ3v) is 4.75. The van der Waals surface area contributed by atoms with E-state index in [1.807, 2.05) is 0 Å². The summed E-state index contributed by atoms with van der Waals surface area (Å²) in [7, 11) is -4.56. The van der Waals surface area contributed by atoms with Crippen molar-refractivity contribution in [3.05, 3.63) is 48.0 Å². The van der Waals surface area contributed by atoms with Crippen LogP contribution in [0.25, 0.3) is 0 Å². The SMILES string of the molecule is NS(=O)(=O)c1cc(C=O)cc(NC(O)(O)C(O)(O)CC(O)(O)O)c1Oc1ccccc1. The lowest BCUT2D eigenvalue weighted by molar-refractivity contribution is -0.405. The molecule has 13 nitrogen and oxygen atoms in total. The van der Waals surface area contributed by atoms with E-state index in [1.165, 1.54) is 24.3 Å². The van der Waals surface area contributed by atoms with Crippen molar-refractivity contribution in [3.8, 4) is 11.5 Å². The second-order valence-corrected chi connectivity index (χ2v) is 8.07. The standard InChI is InChI=1S/C17H20N2O11S/c18-31(28,29)13-7-10(8-20)6-12(14(13)30-11-4-2-1-3-5-11)19-17(26,27)15(21,22)9-16(23,24)25/h1-8,19,21-27H,9H2,(H2,18,28,29). The molecular formula is C17H20N2O11S. The van der Waals surface area contributed by atoms with Crippen LogP contribution in [0.4, 0.5) is 5.69 Å². The van der Waals surface area contributed by atoms with E-state index in [2.05, 4.69) is 0 Å². The molecule has 0 radical (unpaired) electrons. The molecule has 170 valence electrons. The number of carbonyl (C=O) groups is 1. The van der Waals surface area contributed by atoms with Gasteiger partial charge in [0, 0.05) is 5.56 Å². The first kappa shape index (κ1) is 24.6. The van der Waals surface area contributed by atoms with Crippen molar-refractivity contribution in [1.82, 2.24) is 0 Å². The molecule has 0 spiro atoms. The van der Waals surface area contributed by atoms with Crippen molar-refractivity contribution in [3.63, 3.8) is 0 Å². The maximum atomic E-state index is 12.0. The van der Waals surface area contributed by atoms with E-state index in [4.69, 9.17) is 25.2 Å². The number of benzene rings is 2. The summed E-state index contributed by atoms with van der Waals surface area (Å²) in [5, 5.41) is 73.6. The van der Waals surface area contributed by atoms with Crippen LogP contribution in [-0.2, 0) is 10.0 Å². The van der Waals surface area contributed by atoms with Crippen molar-refractivity contribution >= 4 is 22.0 Å². The number of anilines is 1. The zero-order valence-corrected chi connectivity index (χ0v) is 16.4. The molecule has 2 rings (SSSR count). The van der Waals surface area contributed by atoms with Crippen LogP contribution >= 0.6 is 0 Å². The Morgan fingerprint density at radius 1 is 1.00 bits per heavy atom. The van der Waals surface area contributed by atoms with E-state index < -0.39 is 50.4 Å². The van der Waals surface area contributed by atoms with Gasteiger partial charge in [0.2, 0.25) is 15.8 Å². The Morgan fingerprint density at radius 2 is 1.58 bits per heavy atom. The molecule has 0 aliphatic heterocycles. The zero-order chi connectivity index (χ0) is 23.7. The highest BCUT2D eigenvalue weighted by atomic mass is 32.2. The largest absolute Gasteiger partial charge is 0.454 e. The first-order valence-electron chi connectivity index (χ1n) is 8.29. The molecule has 0 unspecified atom stereocenters. The van der Waals surface area contributed by atoms with Crippen LogP contribution in [-0.4, -0.2) is 68.1 Å². The average Bonchev–Trinajstić information content (AvgIpc) is 2.60. The molecular weight excluding hydrogens is 440 g/mol. The van der Waals surface area contributed by atoms with E-state index in [9.17, 15) is 33.6 Å². The number of rotatable bonds is 9. The third-order valence-electron chi connectivity index (χ3n) is 3.83. The lowest BCUT2D eigenvalue weighted by Crippen LogP contribution is -2.62. The first-order valence-corrected chi connectivity index (χ1v) is 9.84. The number of aldehydes is 1. The Kier molecular flexibility index (Phi) is 6.72. The Labute approximate surface area is 175 Å². The molecule has 0 aliphatic rings. The Morgan fingerprint density at radius 3 is 2.06 bits per heavy atom. The quantitative estimate of drug-likeness (QED) is 0.142. The van der Waals surface area contributed by atoms with Gasteiger partial charge in [0.25, 0.3) is 5.97 Å². The fraction of sp³-hybridized carbons (Fsp3) is 0.235. The lowest BCUT2D eigenvalue weighted by Gasteiger charge is -2.37. The van der Waals surface area contributed by atoms with Crippen molar-refractivity contribution < 1.29 is 53.7 Å². The average molecular weight is 460 g/mol. The molecule has 0 saturated carbocycles. The van der Waals surface area contributed by atoms with Crippen molar-refractivity contribution in [2.24, 2.45) is 5.14 Å². The molecule has 0 atom stereocenters. The van der Waals surface area contributed by atoms with Crippen molar-refractivity contribution in [1.29, 1.82) is 0 Å². The second kappa shape index (κ2) is 8.46. The molecule has 2 aromatic carbocycles. The summed E-state index contributed by atoms with van der Waals surface area (Å²) in [5.41, 5.74) is -1.01. The Hall–Kier alpha value is -2.66. The molecule has 0 heterocycles. The molecule has 10 N–H and O–H groups in total. The summed E-state index contributed by atoms with van der Waals surface area (Å²) in [6.45, 7) is 0. The minimum absolute atomic E-state index is 0.0511. The van der Waals surface area contributed by atoms with Crippen LogP contribution in [0.3, 0.4) is 0 Å². The predicted molar refractivity (Wildman–Crippen MR) is 102 cm³/mol. The van der Waals surface area contributed by atoms with Gasteiger partial charge in [0.05, 0.1) is 12.1 Å². The van der Waals surface area contributed by atoms with Crippen LogP contribution in [0, 0.1) is 0 Å². The highest BCUT2D eigenvalue weighted by molar-refractivity contribution is 7.89. The number of primary sulfonamides is 1. The minimum Gasteiger partial charge on any atom is -0.454 e. The van der Waals surface area contributed by atoms with Gasteiger partial charge in [-0.05, 0) is 24.3 Å². The van der Waals surface area contributed by atoms with Crippen molar-refractivity contribution in [2.75, 3.05) is 5.32 Å². The second-order valence-electron chi connectivity index (χ2n) is 6.54. The third kappa shape index (κ3) is 6.17. The van der Waals surface area contributed by atoms with E-state index in [0.717, 1.165) is 12.1 Å². The van der Waals surface area contributed by atoms with Gasteiger partial charge in [-0.3, -0.25) is 4.79 Å². The summed E-state index contributed by atoms with van der Waals surface area (Å²) in [6.07, 6.45) is -1.63. The van der Waals surface area contributed by atoms with Gasteiger partial charge < -0.3 is 45.8 Å². The predicted octanol–water partition coefficient (Wildman–Crippen LogP) is -2.31. The summed E-state index contributed by atoms with van der Waals surface area (Å²) in [6, 6.07) is 9.15. The van der Waals surface area contributed by atoms with E-state index in [-0.39, 0.29) is 17.6 Å². The summed E-state index contributed by atoms with van der Waals surface area (Å²) < 4.78 is 29.5. The van der Waals surface area contributed by atoms with Gasteiger partial charge in [-0.15, -0.1) is 0 Å². The van der Waals surface area contributed by atoms with E-state index >= 15 is 0 Å². The van der Waals surface area contributed by atoms with Crippen LogP contribution in [0.15, 0.2) is 47.4 Å². The van der Waals surface area contributed by atoms with Crippen LogP contribution in [0.2, 0.25) is 0 Å². The van der Waals surface area contributed by atoms with Crippen LogP contribution in [0.1, 0.15) is 16.8 Å². The maximum Gasteiger partial charge on any atom is 0.301 e. The van der Waals surface area contributed by atoms with Gasteiger partial charge in [-0.2, -0.15) is 0 Å². The number of hydrogen-bond acceptors (Lipinski definition) is 12. The van der Waals surface area contributed by atoms with Gasteiger partial charge >= 0.3 is 5.91 Å². The highest BCUT2D eigenvalue weighted by Gasteiger charge is 2.52. The molecule has 0 bridgehead atoms. The molecule has 2 aromatic rings. The molecule has 0 amide bonds. The fourth-order valence-corrected chi connectivity index (χ4v) is 3.16. The van der Waals surface area contributed by atoms with Crippen LogP contribution in [0.5, 0.6) is 11.5 Å². The summed E-state index contributed by atoms with van der Waals surface area (Å²) >= 11 is 0. The minimum atomic E-state index is -4.56. The number of ether oxygens (including phenoxy) is 1. The smallest absolute Gasteiger partial charge is 0.301 e. The Balaban J connectivity index is 2.65. The molecule has 0 fully saturated rings. The van der Waals surface area contributed by atoms with Crippen molar-refractivity contribution in [2.45, 2.75) is 29.0 Å². The van der Waals surface area contributed by atoms with Gasteiger partial charge in [-0.25, -0.2) is 13.6 Å². The van der Waals surface area contributed by atoms with E-state index in [1.54, 1.807) is 11.4 Å². The van der Waals surface area contributed by atoms with Crippen LogP contribution < -0.4 is 15.2 Å². The number of aliphatic hydroxyl groups is 7. The van der Waals surface area contributed by atoms with Gasteiger partial charge in [-0.1, -0.05) is 18.2 Å². The summed E-state index contributed by atoms with van der Waals surface area (Å²) in [5.74, 6) is -12.0. The topological polar surface area (TPSA) is 240 Å². The fourth-order valence-electron chi connectivity index (χ4n) is 2.45. The molecule has 0 aliphatic carbocycles. The molecule has 31 heavy (non-hydrogen) atoms. The lowest BCUT2D eigenvalue weighted by atomic mass is 10.1. The monoisotopic (exact) mass is 460 g/mol. The van der Waals surface area contributed by atoms with Gasteiger partial charge in [0.1, 0.15) is 16.9 Å². The number of nitrogens with one attached hydrogen (secondary N) is 1. The first-order chi connectivity index (χ1) is 14.1. The molecule has 14 heteroatoms. The number of nitrogens with two attached hydrogens (primary N) is 1. The molecule has 0 saturated heterocycles. The number of para-hydroxylation sites is 1.